The molecule has 0 unspecified atom stereocenters. The lowest BCUT2D eigenvalue weighted by Crippen LogP contribution is -2.42. The van der Waals surface area contributed by atoms with E-state index in [1.807, 2.05) is 35.2 Å². The molecule has 28 heavy (non-hydrogen) atoms. The molecule has 4 rings (SSSR count). The summed E-state index contributed by atoms with van der Waals surface area (Å²) in [5, 5.41) is 4.92. The average Bonchev–Trinajstić information content (AvgIpc) is 3.17. The fourth-order valence-electron chi connectivity index (χ4n) is 3.66. The Morgan fingerprint density at radius 2 is 1.86 bits per heavy atom. The fraction of sp³-hybridized carbons (Fsp3) is 0.318. The molecule has 1 fully saturated rings. The summed E-state index contributed by atoms with van der Waals surface area (Å²) in [7, 11) is 3.40. The summed E-state index contributed by atoms with van der Waals surface area (Å²) in [5.41, 5.74) is 2.29. The van der Waals surface area contributed by atoms with Gasteiger partial charge in [-0.2, -0.15) is 0 Å². The maximum absolute atomic E-state index is 12.7. The van der Waals surface area contributed by atoms with Gasteiger partial charge in [-0.05, 0) is 42.2 Å². The zero-order chi connectivity index (χ0) is 19.5. The molecular weight excluding hydrogens is 372 g/mol. The number of piperidine rings is 1. The molecule has 6 heteroatoms. The van der Waals surface area contributed by atoms with Gasteiger partial charge in [-0.15, -0.1) is 11.3 Å². The van der Waals surface area contributed by atoms with Gasteiger partial charge >= 0.3 is 6.03 Å². The van der Waals surface area contributed by atoms with Crippen LogP contribution >= 0.6 is 11.3 Å². The minimum Gasteiger partial charge on any atom is -0.496 e. The zero-order valence-electron chi connectivity index (χ0n) is 16.1. The number of likely N-dealkylation sites (tertiary alicyclic amines) is 1. The maximum atomic E-state index is 12.7. The van der Waals surface area contributed by atoms with Crippen molar-refractivity contribution in [3.63, 3.8) is 0 Å². The average molecular weight is 397 g/mol. The summed E-state index contributed by atoms with van der Waals surface area (Å²) in [6.07, 6.45) is 2.01. The Labute approximate surface area is 168 Å². The molecule has 146 valence electrons. The van der Waals surface area contributed by atoms with E-state index in [0.717, 1.165) is 44.8 Å². The quantitative estimate of drug-likeness (QED) is 0.658. The van der Waals surface area contributed by atoms with E-state index in [-0.39, 0.29) is 12.1 Å². The molecule has 2 amide bonds. The summed E-state index contributed by atoms with van der Waals surface area (Å²) >= 11 is 1.58. The molecule has 0 bridgehead atoms. The van der Waals surface area contributed by atoms with E-state index >= 15 is 0 Å². The van der Waals surface area contributed by atoms with Crippen molar-refractivity contribution < 1.29 is 14.3 Å². The smallest absolute Gasteiger partial charge is 0.322 e. The van der Waals surface area contributed by atoms with E-state index in [1.165, 1.54) is 0 Å². The van der Waals surface area contributed by atoms with Gasteiger partial charge in [0.25, 0.3) is 0 Å². The summed E-state index contributed by atoms with van der Waals surface area (Å²) in [4.78, 5) is 14.6. The topological polar surface area (TPSA) is 50.8 Å². The van der Waals surface area contributed by atoms with E-state index in [0.29, 0.717) is 13.1 Å². The van der Waals surface area contributed by atoms with E-state index in [9.17, 15) is 4.79 Å². The second-order valence-corrected chi connectivity index (χ2v) is 7.94. The number of benzene rings is 2. The molecule has 0 aliphatic carbocycles. The largest absolute Gasteiger partial charge is 0.496 e. The van der Waals surface area contributed by atoms with Crippen molar-refractivity contribution in [1.82, 2.24) is 4.90 Å². The number of carbonyl (C=O) groups is 1. The predicted octanol–water partition coefficient (Wildman–Crippen LogP) is 5.22. The number of rotatable bonds is 4. The number of nitrogens with zero attached hydrogens (tertiary/aromatic N) is 1. The molecule has 0 atom stereocenters. The molecule has 3 aromatic rings. The Bertz CT molecular complexity index is 963. The predicted molar refractivity (Wildman–Crippen MR) is 114 cm³/mol. The first-order chi connectivity index (χ1) is 13.7. The number of amides is 2. The standard InChI is InChI=1S/C22H24N2O3S/c1-26-16-10-12-24(13-11-16)22(25)23-20-14-18-19(27-2)9-8-17(21(18)28-20)15-6-4-3-5-7-15/h3-9,14,16H,10-13H2,1-2H3,(H,23,25). The van der Waals surface area contributed by atoms with Gasteiger partial charge < -0.3 is 14.4 Å². The highest BCUT2D eigenvalue weighted by Crippen LogP contribution is 2.42. The highest BCUT2D eigenvalue weighted by molar-refractivity contribution is 7.23. The number of anilines is 1. The SMILES string of the molecule is COc1ccc(-c2ccccc2)c2sc(NC(=O)N3CCC(OC)CC3)cc12. The molecule has 0 radical (unpaired) electrons. The molecule has 0 saturated carbocycles. The van der Waals surface area contributed by atoms with E-state index in [4.69, 9.17) is 9.47 Å². The maximum Gasteiger partial charge on any atom is 0.322 e. The first kappa shape index (κ1) is 18.8. The number of thiophene rings is 1. The summed E-state index contributed by atoms with van der Waals surface area (Å²) in [6.45, 7) is 1.43. The van der Waals surface area contributed by atoms with E-state index in [2.05, 4.69) is 23.5 Å². The molecule has 1 aliphatic rings. The van der Waals surface area contributed by atoms with Crippen LogP contribution in [-0.4, -0.2) is 44.3 Å². The zero-order valence-corrected chi connectivity index (χ0v) is 16.9. The Kier molecular flexibility index (Phi) is 5.50. The minimum atomic E-state index is -0.0543. The third-order valence-corrected chi connectivity index (χ3v) is 6.32. The monoisotopic (exact) mass is 396 g/mol. The van der Waals surface area contributed by atoms with Crippen molar-refractivity contribution in [2.45, 2.75) is 18.9 Å². The van der Waals surface area contributed by atoms with Crippen LogP contribution in [0.4, 0.5) is 9.80 Å². The van der Waals surface area contributed by atoms with Crippen LogP contribution in [0, 0.1) is 0 Å². The number of urea groups is 1. The fourth-order valence-corrected chi connectivity index (χ4v) is 4.76. The second-order valence-electron chi connectivity index (χ2n) is 6.89. The molecule has 2 heterocycles. The number of hydrogen-bond acceptors (Lipinski definition) is 4. The molecule has 1 saturated heterocycles. The van der Waals surface area contributed by atoms with Crippen molar-refractivity contribution in [2.24, 2.45) is 0 Å². The first-order valence-corrected chi connectivity index (χ1v) is 10.3. The van der Waals surface area contributed by atoms with Crippen LogP contribution in [0.3, 0.4) is 0 Å². The molecule has 1 aromatic heterocycles. The molecule has 0 spiro atoms. The number of hydrogen-bond donors (Lipinski definition) is 1. The second kappa shape index (κ2) is 8.20. The van der Waals surface area contributed by atoms with Gasteiger partial charge in [-0.25, -0.2) is 4.79 Å². The van der Waals surface area contributed by atoms with Crippen LogP contribution in [0.2, 0.25) is 0 Å². The Balaban J connectivity index is 1.61. The molecule has 5 nitrogen and oxygen atoms in total. The number of fused-ring (bicyclic) bond motifs is 1. The van der Waals surface area contributed by atoms with Gasteiger partial charge in [0.2, 0.25) is 0 Å². The number of carbonyl (C=O) groups excluding carboxylic acids is 1. The van der Waals surface area contributed by atoms with Gasteiger partial charge in [-0.3, -0.25) is 5.32 Å². The van der Waals surface area contributed by atoms with Crippen LogP contribution in [-0.2, 0) is 4.74 Å². The lowest BCUT2D eigenvalue weighted by Gasteiger charge is -2.31. The molecule has 1 N–H and O–H groups in total. The van der Waals surface area contributed by atoms with Crippen LogP contribution in [0.25, 0.3) is 21.2 Å². The van der Waals surface area contributed by atoms with Crippen LogP contribution in [0.15, 0.2) is 48.5 Å². The van der Waals surface area contributed by atoms with Crippen LogP contribution in [0.1, 0.15) is 12.8 Å². The van der Waals surface area contributed by atoms with Crippen molar-refractivity contribution in [3.8, 4) is 16.9 Å². The van der Waals surface area contributed by atoms with Crippen LogP contribution < -0.4 is 10.1 Å². The Morgan fingerprint density at radius 3 is 2.54 bits per heavy atom. The third-order valence-electron chi connectivity index (χ3n) is 5.24. The van der Waals surface area contributed by atoms with Gasteiger partial charge in [-0.1, -0.05) is 30.3 Å². The van der Waals surface area contributed by atoms with Crippen molar-refractivity contribution in [1.29, 1.82) is 0 Å². The first-order valence-electron chi connectivity index (χ1n) is 9.44. The van der Waals surface area contributed by atoms with Gasteiger partial charge in [0.1, 0.15) is 5.75 Å². The normalized spacial score (nSPS) is 15.0. The number of nitrogens with one attached hydrogen (secondary N) is 1. The number of methoxy groups -OCH3 is 2. The lowest BCUT2D eigenvalue weighted by atomic mass is 10.0. The highest BCUT2D eigenvalue weighted by Gasteiger charge is 2.23. The van der Waals surface area contributed by atoms with Crippen LogP contribution in [0.5, 0.6) is 5.75 Å². The summed E-state index contributed by atoms with van der Waals surface area (Å²) in [5.74, 6) is 0.812. The third kappa shape index (κ3) is 3.70. The van der Waals surface area contributed by atoms with Crippen molar-refractivity contribution in [2.75, 3.05) is 32.6 Å². The number of ether oxygens (including phenoxy) is 2. The minimum absolute atomic E-state index is 0.0543. The van der Waals surface area contributed by atoms with Gasteiger partial charge in [0.15, 0.2) is 0 Å². The summed E-state index contributed by atoms with van der Waals surface area (Å²) in [6, 6.07) is 16.3. The molecular formula is C22H24N2O3S. The lowest BCUT2D eigenvalue weighted by molar-refractivity contribution is 0.0521. The van der Waals surface area contributed by atoms with Crippen molar-refractivity contribution >= 4 is 32.5 Å². The highest BCUT2D eigenvalue weighted by atomic mass is 32.1. The van der Waals surface area contributed by atoms with Crippen molar-refractivity contribution in [3.05, 3.63) is 48.5 Å². The van der Waals surface area contributed by atoms with E-state index < -0.39 is 0 Å². The van der Waals surface area contributed by atoms with E-state index in [1.54, 1.807) is 25.6 Å². The summed E-state index contributed by atoms with van der Waals surface area (Å²) < 4.78 is 12.0. The molecule has 1 aliphatic heterocycles. The Morgan fingerprint density at radius 1 is 1.11 bits per heavy atom. The molecule has 2 aromatic carbocycles. The van der Waals surface area contributed by atoms with Gasteiger partial charge in [0.05, 0.1) is 18.2 Å². The Hall–Kier alpha value is -2.57. The van der Waals surface area contributed by atoms with Gasteiger partial charge in [0, 0.05) is 30.3 Å².